The van der Waals surface area contributed by atoms with E-state index in [0.717, 1.165) is 5.30 Å². The molecular formula is C25H19O2P. The number of benzene rings is 4. The molecule has 0 aliphatic heterocycles. The van der Waals surface area contributed by atoms with Crippen molar-refractivity contribution in [2.24, 2.45) is 0 Å². The summed E-state index contributed by atoms with van der Waals surface area (Å²) in [6.45, 7) is 0. The molecule has 0 spiro atoms. The van der Waals surface area contributed by atoms with Gasteiger partial charge in [-0.1, -0.05) is 97.1 Å². The lowest BCUT2D eigenvalue weighted by Gasteiger charge is -2.20. The number of carbonyl (C=O) groups is 1. The minimum Gasteiger partial charge on any atom is -0.478 e. The molecule has 0 fully saturated rings. The maximum Gasteiger partial charge on any atom is 0.335 e. The average molecular weight is 382 g/mol. The third kappa shape index (κ3) is 3.88. The van der Waals surface area contributed by atoms with Gasteiger partial charge in [-0.3, -0.25) is 0 Å². The Morgan fingerprint density at radius 1 is 0.571 bits per heavy atom. The third-order valence-corrected chi connectivity index (χ3v) is 7.02. The van der Waals surface area contributed by atoms with Gasteiger partial charge < -0.3 is 5.11 Å². The van der Waals surface area contributed by atoms with Gasteiger partial charge in [0.25, 0.3) is 0 Å². The van der Waals surface area contributed by atoms with E-state index in [2.05, 4.69) is 48.5 Å². The van der Waals surface area contributed by atoms with Crippen LogP contribution in [0.5, 0.6) is 0 Å². The molecule has 0 bridgehead atoms. The Morgan fingerprint density at radius 3 is 1.75 bits per heavy atom. The van der Waals surface area contributed by atoms with Gasteiger partial charge in [-0.25, -0.2) is 4.79 Å². The fourth-order valence-electron chi connectivity index (χ4n) is 3.24. The molecule has 0 radical (unpaired) electrons. The van der Waals surface area contributed by atoms with Crippen molar-refractivity contribution < 1.29 is 9.90 Å². The Balaban J connectivity index is 1.78. The highest BCUT2D eigenvalue weighted by Crippen LogP contribution is 2.33. The van der Waals surface area contributed by atoms with Gasteiger partial charge >= 0.3 is 5.97 Å². The van der Waals surface area contributed by atoms with E-state index in [4.69, 9.17) is 0 Å². The molecule has 136 valence electrons. The predicted molar refractivity (Wildman–Crippen MR) is 118 cm³/mol. The molecule has 3 heteroatoms. The van der Waals surface area contributed by atoms with Gasteiger partial charge in [-0.05, 0) is 47.1 Å². The number of rotatable bonds is 5. The minimum atomic E-state index is -0.899. The van der Waals surface area contributed by atoms with Crippen LogP contribution in [0.3, 0.4) is 0 Å². The van der Waals surface area contributed by atoms with Gasteiger partial charge in [0.1, 0.15) is 0 Å². The fraction of sp³-hybridized carbons (Fsp3) is 0. The lowest BCUT2D eigenvalue weighted by atomic mass is 10.1. The van der Waals surface area contributed by atoms with Crippen molar-refractivity contribution in [1.82, 2.24) is 0 Å². The first-order chi connectivity index (χ1) is 13.7. The molecule has 0 aromatic heterocycles. The second kappa shape index (κ2) is 8.21. The Kier molecular flexibility index (Phi) is 5.32. The zero-order valence-corrected chi connectivity index (χ0v) is 16.1. The third-order valence-electron chi connectivity index (χ3n) is 4.60. The molecule has 4 aromatic carbocycles. The van der Waals surface area contributed by atoms with E-state index in [0.29, 0.717) is 5.56 Å². The van der Waals surface area contributed by atoms with Gasteiger partial charge in [0.15, 0.2) is 0 Å². The molecule has 0 heterocycles. The summed E-state index contributed by atoms with van der Waals surface area (Å²) < 4.78 is 0. The number of hydrogen-bond donors (Lipinski definition) is 1. The van der Waals surface area contributed by atoms with E-state index >= 15 is 0 Å². The number of aromatic carboxylic acids is 1. The summed E-state index contributed by atoms with van der Waals surface area (Å²) in [6, 6.07) is 36.5. The van der Waals surface area contributed by atoms with Crippen LogP contribution < -0.4 is 15.9 Å². The maximum absolute atomic E-state index is 11.5. The highest BCUT2D eigenvalue weighted by atomic mass is 31.1. The summed E-state index contributed by atoms with van der Waals surface area (Å²) in [4.78, 5) is 11.5. The summed E-state index contributed by atoms with van der Waals surface area (Å²) in [5.41, 5.74) is 2.68. The van der Waals surface area contributed by atoms with Crippen LogP contribution in [0.15, 0.2) is 109 Å². The van der Waals surface area contributed by atoms with Crippen molar-refractivity contribution in [3.8, 4) is 11.1 Å². The van der Waals surface area contributed by atoms with E-state index in [1.165, 1.54) is 21.7 Å². The van der Waals surface area contributed by atoms with Crippen molar-refractivity contribution >= 4 is 29.8 Å². The SMILES string of the molecule is O=C(O)c1cccc(P(c2ccccc2)c2ccc(-c3ccccc3)cc2)c1. The van der Waals surface area contributed by atoms with Crippen molar-refractivity contribution in [1.29, 1.82) is 0 Å². The first kappa shape index (κ1) is 18.2. The number of carboxylic acids is 1. The van der Waals surface area contributed by atoms with Gasteiger partial charge in [-0.2, -0.15) is 0 Å². The Hall–Kier alpha value is -3.22. The van der Waals surface area contributed by atoms with Gasteiger partial charge in [-0.15, -0.1) is 0 Å². The molecule has 0 amide bonds. The van der Waals surface area contributed by atoms with Crippen molar-refractivity contribution in [2.75, 3.05) is 0 Å². The summed E-state index contributed by atoms with van der Waals surface area (Å²) in [7, 11) is -0.832. The van der Waals surface area contributed by atoms with Crippen LogP contribution in [0.1, 0.15) is 10.4 Å². The van der Waals surface area contributed by atoms with Crippen LogP contribution in [0.2, 0.25) is 0 Å². The summed E-state index contributed by atoms with van der Waals surface area (Å²) in [5, 5.41) is 12.8. The van der Waals surface area contributed by atoms with Gasteiger partial charge in [0.05, 0.1) is 5.56 Å². The van der Waals surface area contributed by atoms with Crippen LogP contribution in [-0.2, 0) is 0 Å². The molecule has 1 N–H and O–H groups in total. The summed E-state index contributed by atoms with van der Waals surface area (Å²) in [5.74, 6) is -0.899. The molecule has 28 heavy (non-hydrogen) atoms. The van der Waals surface area contributed by atoms with Crippen molar-refractivity contribution in [3.63, 3.8) is 0 Å². The van der Waals surface area contributed by atoms with Gasteiger partial charge in [0.2, 0.25) is 0 Å². The van der Waals surface area contributed by atoms with Crippen LogP contribution in [0.25, 0.3) is 11.1 Å². The molecule has 0 saturated heterocycles. The Morgan fingerprint density at radius 2 is 1.11 bits per heavy atom. The molecular weight excluding hydrogens is 363 g/mol. The highest BCUT2D eigenvalue weighted by Gasteiger charge is 2.18. The molecule has 1 atom stereocenters. The molecule has 4 rings (SSSR count). The topological polar surface area (TPSA) is 37.3 Å². The average Bonchev–Trinajstić information content (AvgIpc) is 2.76. The van der Waals surface area contributed by atoms with Crippen LogP contribution in [0.4, 0.5) is 0 Å². The summed E-state index contributed by atoms with van der Waals surface area (Å²) in [6.07, 6.45) is 0. The molecule has 4 aromatic rings. The van der Waals surface area contributed by atoms with Crippen molar-refractivity contribution in [2.45, 2.75) is 0 Å². The lowest BCUT2D eigenvalue weighted by molar-refractivity contribution is 0.0697. The smallest absolute Gasteiger partial charge is 0.335 e. The fourth-order valence-corrected chi connectivity index (χ4v) is 5.55. The monoisotopic (exact) mass is 382 g/mol. The van der Waals surface area contributed by atoms with E-state index in [1.807, 2.05) is 48.5 Å². The van der Waals surface area contributed by atoms with Gasteiger partial charge in [0, 0.05) is 0 Å². The largest absolute Gasteiger partial charge is 0.478 e. The molecule has 0 aliphatic carbocycles. The highest BCUT2D eigenvalue weighted by molar-refractivity contribution is 7.79. The lowest BCUT2D eigenvalue weighted by Crippen LogP contribution is -2.21. The molecule has 0 saturated carbocycles. The standard InChI is InChI=1S/C25H19O2P/c26-25(27)21-10-7-13-24(18-21)28(22-11-5-2-6-12-22)23-16-14-20(15-17-23)19-8-3-1-4-9-19/h1-18H,(H,26,27). The zero-order chi connectivity index (χ0) is 19.3. The predicted octanol–water partition coefficient (Wildman–Crippen LogP) is 4.81. The summed E-state index contributed by atoms with van der Waals surface area (Å²) >= 11 is 0. The minimum absolute atomic E-state index is 0.321. The zero-order valence-electron chi connectivity index (χ0n) is 15.2. The van der Waals surface area contributed by atoms with Crippen LogP contribution in [0, 0.1) is 0 Å². The number of hydrogen-bond acceptors (Lipinski definition) is 1. The van der Waals surface area contributed by atoms with E-state index in [1.54, 1.807) is 12.1 Å². The first-order valence-electron chi connectivity index (χ1n) is 9.06. The van der Waals surface area contributed by atoms with E-state index in [9.17, 15) is 9.90 Å². The molecule has 0 aliphatic rings. The van der Waals surface area contributed by atoms with Crippen LogP contribution >= 0.6 is 7.92 Å². The van der Waals surface area contributed by atoms with Crippen LogP contribution in [-0.4, -0.2) is 11.1 Å². The normalized spacial score (nSPS) is 11.7. The van der Waals surface area contributed by atoms with E-state index < -0.39 is 13.9 Å². The second-order valence-electron chi connectivity index (χ2n) is 6.44. The van der Waals surface area contributed by atoms with Crippen molar-refractivity contribution in [3.05, 3.63) is 115 Å². The Labute approximate surface area is 165 Å². The first-order valence-corrected chi connectivity index (χ1v) is 10.4. The van der Waals surface area contributed by atoms with E-state index in [-0.39, 0.29) is 0 Å². The Bertz CT molecular complexity index is 1070. The quantitative estimate of drug-likeness (QED) is 0.503. The number of carboxylic acid groups (broad SMARTS) is 1. The second-order valence-corrected chi connectivity index (χ2v) is 8.66. The molecule has 2 nitrogen and oxygen atoms in total. The molecule has 1 unspecified atom stereocenters. The maximum atomic E-state index is 11.5.